The summed E-state index contributed by atoms with van der Waals surface area (Å²) in [7, 11) is 0. The highest BCUT2D eigenvalue weighted by molar-refractivity contribution is 6.31. The summed E-state index contributed by atoms with van der Waals surface area (Å²) in [5.41, 5.74) is 5.18. The Kier molecular flexibility index (Phi) is 8.26. The second-order valence-electron chi connectivity index (χ2n) is 8.94. The maximum absolute atomic E-state index is 12.8. The first kappa shape index (κ1) is 25.7. The predicted octanol–water partition coefficient (Wildman–Crippen LogP) is 6.90. The Labute approximate surface area is 216 Å². The summed E-state index contributed by atoms with van der Waals surface area (Å²) >= 11 is 6.25. The number of nitrogens with zero attached hydrogens (tertiary/aromatic N) is 1. The van der Waals surface area contributed by atoms with Gasteiger partial charge in [-0.2, -0.15) is 0 Å². The molecule has 3 aromatic rings. The lowest BCUT2D eigenvalue weighted by Crippen LogP contribution is -2.19. The van der Waals surface area contributed by atoms with Crippen LogP contribution in [0.5, 0.6) is 0 Å². The quantitative estimate of drug-likeness (QED) is 0.309. The minimum atomic E-state index is -0.477. The Morgan fingerprint density at radius 2 is 1.94 bits per heavy atom. The van der Waals surface area contributed by atoms with Gasteiger partial charge in [0.1, 0.15) is 6.10 Å². The van der Waals surface area contributed by atoms with E-state index in [9.17, 15) is 9.59 Å². The molecular formula is C29H30ClNO5. The van der Waals surface area contributed by atoms with E-state index in [1.807, 2.05) is 56.3 Å². The van der Waals surface area contributed by atoms with Crippen molar-refractivity contribution in [1.82, 2.24) is 5.16 Å². The number of halogens is 1. The standard InChI is InChI=1S/C29H30ClNO5/c1-4-34-29(33)21-14-12-20(13-15-21)22-8-7-9-23(16-22)28-25(18(2)31-36-28)17-27(32)35-19(3)24-10-5-6-11-26(24)30/h5-12,16,19,21H,4,13-15,17H2,1-3H3. The molecule has 0 spiro atoms. The number of benzene rings is 2. The number of carbonyl (C=O) groups excluding carboxylic acids is 2. The molecule has 0 N–H and O–H groups in total. The highest BCUT2D eigenvalue weighted by Gasteiger charge is 2.24. The van der Waals surface area contributed by atoms with Gasteiger partial charge in [0.15, 0.2) is 5.76 Å². The lowest BCUT2D eigenvalue weighted by atomic mass is 9.86. The van der Waals surface area contributed by atoms with E-state index >= 15 is 0 Å². The number of hydrogen-bond donors (Lipinski definition) is 0. The maximum Gasteiger partial charge on any atom is 0.311 e. The van der Waals surface area contributed by atoms with Crippen molar-refractivity contribution in [3.8, 4) is 11.3 Å². The third-order valence-electron chi connectivity index (χ3n) is 6.48. The average molecular weight is 508 g/mol. The van der Waals surface area contributed by atoms with Crippen LogP contribution in [0.4, 0.5) is 0 Å². The van der Waals surface area contributed by atoms with Crippen molar-refractivity contribution in [3.05, 3.63) is 82.0 Å². The second-order valence-corrected chi connectivity index (χ2v) is 9.35. The fourth-order valence-electron chi connectivity index (χ4n) is 4.51. The van der Waals surface area contributed by atoms with E-state index in [0.29, 0.717) is 35.1 Å². The zero-order chi connectivity index (χ0) is 25.7. The van der Waals surface area contributed by atoms with E-state index in [1.54, 1.807) is 13.0 Å². The Morgan fingerprint density at radius 3 is 2.67 bits per heavy atom. The monoisotopic (exact) mass is 507 g/mol. The lowest BCUT2D eigenvalue weighted by molar-refractivity contribution is -0.148. The van der Waals surface area contributed by atoms with E-state index in [1.165, 1.54) is 5.57 Å². The molecule has 7 heteroatoms. The molecule has 0 saturated heterocycles. The van der Waals surface area contributed by atoms with Gasteiger partial charge < -0.3 is 14.0 Å². The molecule has 6 nitrogen and oxygen atoms in total. The molecule has 2 atom stereocenters. The molecular weight excluding hydrogens is 478 g/mol. The van der Waals surface area contributed by atoms with Gasteiger partial charge in [0.25, 0.3) is 0 Å². The molecule has 0 radical (unpaired) electrons. The lowest BCUT2D eigenvalue weighted by Gasteiger charge is -2.21. The maximum atomic E-state index is 12.8. The predicted molar refractivity (Wildman–Crippen MR) is 138 cm³/mol. The molecule has 0 aliphatic heterocycles. The minimum absolute atomic E-state index is 0.0353. The number of hydrogen-bond acceptors (Lipinski definition) is 6. The highest BCUT2D eigenvalue weighted by atomic mass is 35.5. The number of allylic oxidation sites excluding steroid dienone is 2. The van der Waals surface area contributed by atoms with Gasteiger partial charge in [0.05, 0.1) is 24.6 Å². The Hall–Kier alpha value is -3.38. The van der Waals surface area contributed by atoms with E-state index in [0.717, 1.165) is 29.5 Å². The highest BCUT2D eigenvalue weighted by Crippen LogP contribution is 2.34. The van der Waals surface area contributed by atoms with Crippen molar-refractivity contribution >= 4 is 29.1 Å². The molecule has 1 aliphatic carbocycles. The van der Waals surface area contributed by atoms with Crippen LogP contribution < -0.4 is 0 Å². The smallest absolute Gasteiger partial charge is 0.311 e. The third-order valence-corrected chi connectivity index (χ3v) is 6.83. The zero-order valence-electron chi connectivity index (χ0n) is 20.8. The normalized spacial score (nSPS) is 16.2. The molecule has 1 heterocycles. The van der Waals surface area contributed by atoms with Crippen LogP contribution in [0.3, 0.4) is 0 Å². The topological polar surface area (TPSA) is 78.6 Å². The van der Waals surface area contributed by atoms with Gasteiger partial charge in [0, 0.05) is 21.7 Å². The summed E-state index contributed by atoms with van der Waals surface area (Å²) in [5, 5.41) is 4.67. The minimum Gasteiger partial charge on any atom is -0.466 e. The number of ether oxygens (including phenoxy) is 2. The van der Waals surface area contributed by atoms with Crippen LogP contribution in [-0.4, -0.2) is 23.7 Å². The fourth-order valence-corrected chi connectivity index (χ4v) is 4.80. The van der Waals surface area contributed by atoms with Crippen molar-refractivity contribution in [3.63, 3.8) is 0 Å². The molecule has 2 unspecified atom stereocenters. The molecule has 2 aromatic carbocycles. The molecule has 0 amide bonds. The number of carbonyl (C=O) groups is 2. The van der Waals surface area contributed by atoms with Gasteiger partial charge in [-0.25, -0.2) is 0 Å². The summed E-state index contributed by atoms with van der Waals surface area (Å²) in [5.74, 6) is -0.0396. The summed E-state index contributed by atoms with van der Waals surface area (Å²) in [6, 6.07) is 15.3. The van der Waals surface area contributed by atoms with E-state index in [4.69, 9.17) is 25.6 Å². The summed E-state index contributed by atoms with van der Waals surface area (Å²) in [6.45, 7) is 5.84. The van der Waals surface area contributed by atoms with Crippen molar-refractivity contribution < 1.29 is 23.6 Å². The molecule has 0 saturated carbocycles. The zero-order valence-corrected chi connectivity index (χ0v) is 21.5. The van der Waals surface area contributed by atoms with Gasteiger partial charge in [-0.3, -0.25) is 9.59 Å². The molecule has 188 valence electrons. The second kappa shape index (κ2) is 11.6. The first-order valence-corrected chi connectivity index (χ1v) is 12.6. The molecule has 4 rings (SSSR count). The molecule has 0 fully saturated rings. The largest absolute Gasteiger partial charge is 0.466 e. The third kappa shape index (κ3) is 5.88. The summed E-state index contributed by atoms with van der Waals surface area (Å²) in [4.78, 5) is 24.9. The van der Waals surface area contributed by atoms with Crippen LogP contribution in [0, 0.1) is 12.8 Å². The van der Waals surface area contributed by atoms with Crippen molar-refractivity contribution in [2.24, 2.45) is 5.92 Å². The van der Waals surface area contributed by atoms with Gasteiger partial charge >= 0.3 is 11.9 Å². The first-order valence-electron chi connectivity index (χ1n) is 12.2. The van der Waals surface area contributed by atoms with E-state index in [-0.39, 0.29) is 24.3 Å². The van der Waals surface area contributed by atoms with Gasteiger partial charge in [-0.05, 0) is 63.3 Å². The van der Waals surface area contributed by atoms with Crippen LogP contribution in [0.2, 0.25) is 5.02 Å². The number of aryl methyl sites for hydroxylation is 1. The van der Waals surface area contributed by atoms with E-state index in [2.05, 4.69) is 11.2 Å². The first-order chi connectivity index (χ1) is 17.4. The Morgan fingerprint density at radius 1 is 1.17 bits per heavy atom. The number of esters is 2. The number of aromatic nitrogens is 1. The van der Waals surface area contributed by atoms with Crippen LogP contribution in [0.25, 0.3) is 16.9 Å². The average Bonchev–Trinajstić information content (AvgIpc) is 3.24. The fraction of sp³-hybridized carbons (Fsp3) is 0.345. The van der Waals surface area contributed by atoms with Crippen molar-refractivity contribution in [1.29, 1.82) is 0 Å². The molecule has 0 bridgehead atoms. The van der Waals surface area contributed by atoms with E-state index < -0.39 is 6.10 Å². The Balaban J connectivity index is 1.49. The van der Waals surface area contributed by atoms with Gasteiger partial charge in [0.2, 0.25) is 0 Å². The summed E-state index contributed by atoms with van der Waals surface area (Å²) in [6.07, 6.45) is 3.89. The van der Waals surface area contributed by atoms with Gasteiger partial charge in [-0.15, -0.1) is 0 Å². The van der Waals surface area contributed by atoms with Gasteiger partial charge in [-0.1, -0.05) is 59.2 Å². The number of rotatable bonds is 8. The summed E-state index contributed by atoms with van der Waals surface area (Å²) < 4.78 is 16.5. The van der Waals surface area contributed by atoms with Crippen molar-refractivity contribution in [2.75, 3.05) is 6.61 Å². The molecule has 1 aliphatic rings. The van der Waals surface area contributed by atoms with Crippen LogP contribution in [-0.2, 0) is 25.5 Å². The van der Waals surface area contributed by atoms with Crippen LogP contribution >= 0.6 is 11.6 Å². The van der Waals surface area contributed by atoms with Crippen LogP contribution in [0.1, 0.15) is 61.6 Å². The SMILES string of the molecule is CCOC(=O)C1CC=C(c2cccc(-c3onc(C)c3CC(=O)OC(C)c3ccccc3Cl)c2)CC1. The van der Waals surface area contributed by atoms with Crippen LogP contribution in [0.15, 0.2) is 59.1 Å². The molecule has 1 aromatic heterocycles. The molecule has 36 heavy (non-hydrogen) atoms. The Bertz CT molecular complexity index is 1280. The van der Waals surface area contributed by atoms with Crippen molar-refractivity contribution in [2.45, 2.75) is 52.6 Å².